The molecule has 196 valence electrons. The molecule has 9 heteroatoms. The Hall–Kier alpha value is -4.56. The fraction of sp³-hybridized carbons (Fsp3) is 0.167. The molecule has 1 aliphatic rings. The van der Waals surface area contributed by atoms with Gasteiger partial charge in [-0.05, 0) is 65.2 Å². The molecule has 4 aromatic rings. The van der Waals surface area contributed by atoms with Crippen LogP contribution < -0.4 is 10.1 Å². The van der Waals surface area contributed by atoms with Crippen LogP contribution >= 0.6 is 11.6 Å². The number of benzene rings is 2. The van der Waals surface area contributed by atoms with E-state index in [1.807, 2.05) is 12.1 Å². The third-order valence-corrected chi connectivity index (χ3v) is 6.84. The standard InChI is InChI=1S/C30H25ClN4O4/c1-39-24-9-11-28(33-17-24)34-29(37)21-6-4-19(5-7-21)18-35-26(13-20-3-2-12-32-16-20)27(36)15-22-14-23(31)8-10-25(22)30(35)38/h2-12,14,16-17,26H,13,15,18H2,1H3,(H,33,34,37)/t26-/m1/s1. The molecule has 2 aromatic carbocycles. The number of ether oxygens (including phenoxy) is 1. The van der Waals surface area contributed by atoms with E-state index in [-0.39, 0.29) is 30.6 Å². The Morgan fingerprint density at radius 3 is 2.56 bits per heavy atom. The van der Waals surface area contributed by atoms with E-state index in [2.05, 4.69) is 15.3 Å². The number of carbonyl (C=O) groups is 3. The number of nitrogens with zero attached hydrogens (tertiary/aromatic N) is 3. The molecule has 0 fully saturated rings. The van der Waals surface area contributed by atoms with Gasteiger partial charge in [0.05, 0.1) is 19.3 Å². The Balaban J connectivity index is 1.39. The molecule has 5 rings (SSSR count). The van der Waals surface area contributed by atoms with Gasteiger partial charge in [0.2, 0.25) is 0 Å². The second-order valence-corrected chi connectivity index (χ2v) is 9.63. The van der Waals surface area contributed by atoms with Crippen molar-refractivity contribution < 1.29 is 19.1 Å². The highest BCUT2D eigenvalue weighted by Gasteiger charge is 2.35. The first-order valence-electron chi connectivity index (χ1n) is 12.3. The molecular weight excluding hydrogens is 516 g/mol. The highest BCUT2D eigenvalue weighted by atomic mass is 35.5. The number of rotatable bonds is 7. The van der Waals surface area contributed by atoms with Crippen molar-refractivity contribution in [1.82, 2.24) is 14.9 Å². The van der Waals surface area contributed by atoms with E-state index in [1.165, 1.54) is 6.20 Å². The lowest BCUT2D eigenvalue weighted by molar-refractivity contribution is -0.122. The summed E-state index contributed by atoms with van der Waals surface area (Å²) in [6.07, 6.45) is 5.35. The van der Waals surface area contributed by atoms with Crippen molar-refractivity contribution in [3.63, 3.8) is 0 Å². The van der Waals surface area contributed by atoms with Crippen molar-refractivity contribution in [2.24, 2.45) is 0 Å². The number of aromatic nitrogens is 2. The van der Waals surface area contributed by atoms with Crippen molar-refractivity contribution in [3.05, 3.63) is 118 Å². The molecular formula is C30H25ClN4O4. The molecule has 1 N–H and O–H groups in total. The van der Waals surface area contributed by atoms with E-state index in [0.717, 1.165) is 11.1 Å². The third-order valence-electron chi connectivity index (χ3n) is 6.61. The predicted octanol–water partition coefficient (Wildman–Crippen LogP) is 4.77. The normalized spacial score (nSPS) is 14.9. The number of hydrogen-bond acceptors (Lipinski definition) is 6. The Bertz CT molecular complexity index is 1510. The molecule has 3 heterocycles. The van der Waals surface area contributed by atoms with Gasteiger partial charge in [-0.3, -0.25) is 19.4 Å². The van der Waals surface area contributed by atoms with Crippen molar-refractivity contribution in [2.45, 2.75) is 25.4 Å². The van der Waals surface area contributed by atoms with E-state index < -0.39 is 6.04 Å². The maximum atomic E-state index is 13.8. The SMILES string of the molecule is COc1ccc(NC(=O)c2ccc(CN3C(=O)c4ccc(Cl)cc4CC(=O)[C@H]3Cc3cccnc3)cc2)nc1. The number of hydrogen-bond donors (Lipinski definition) is 1. The van der Waals surface area contributed by atoms with Gasteiger partial charge in [-0.25, -0.2) is 4.98 Å². The Morgan fingerprint density at radius 1 is 1.05 bits per heavy atom. The first kappa shape index (κ1) is 26.1. The Morgan fingerprint density at radius 2 is 1.87 bits per heavy atom. The van der Waals surface area contributed by atoms with Crippen LogP contribution in [0.3, 0.4) is 0 Å². The highest BCUT2D eigenvalue weighted by molar-refractivity contribution is 6.30. The number of ketones is 1. The largest absolute Gasteiger partial charge is 0.495 e. The van der Waals surface area contributed by atoms with Gasteiger partial charge in [-0.15, -0.1) is 0 Å². The van der Waals surface area contributed by atoms with Crippen molar-refractivity contribution >= 4 is 35.0 Å². The van der Waals surface area contributed by atoms with E-state index in [4.69, 9.17) is 16.3 Å². The van der Waals surface area contributed by atoms with Crippen molar-refractivity contribution in [3.8, 4) is 5.75 Å². The van der Waals surface area contributed by atoms with E-state index in [9.17, 15) is 14.4 Å². The zero-order valence-electron chi connectivity index (χ0n) is 21.1. The van der Waals surface area contributed by atoms with Gasteiger partial charge < -0.3 is 15.0 Å². The summed E-state index contributed by atoms with van der Waals surface area (Å²) < 4.78 is 5.09. The van der Waals surface area contributed by atoms with Crippen LogP contribution in [0.4, 0.5) is 5.82 Å². The molecule has 0 radical (unpaired) electrons. The number of halogens is 1. The molecule has 2 aromatic heterocycles. The number of Topliss-reactive ketones (excluding diaryl/α,β-unsaturated/α-hetero) is 1. The topological polar surface area (TPSA) is 101 Å². The van der Waals surface area contributed by atoms with Crippen LogP contribution in [0.5, 0.6) is 5.75 Å². The average Bonchev–Trinajstić information content (AvgIpc) is 3.04. The second kappa shape index (κ2) is 11.4. The zero-order chi connectivity index (χ0) is 27.4. The summed E-state index contributed by atoms with van der Waals surface area (Å²) in [5.41, 5.74) is 3.15. The molecule has 0 saturated heterocycles. The third kappa shape index (κ3) is 5.97. The van der Waals surface area contributed by atoms with Crippen LogP contribution in [0.1, 0.15) is 37.4 Å². The summed E-state index contributed by atoms with van der Waals surface area (Å²) >= 11 is 6.18. The van der Waals surface area contributed by atoms with Gasteiger partial charge in [0, 0.05) is 47.9 Å². The number of methoxy groups -OCH3 is 1. The zero-order valence-corrected chi connectivity index (χ0v) is 21.9. The summed E-state index contributed by atoms with van der Waals surface area (Å²) in [5, 5.41) is 3.23. The van der Waals surface area contributed by atoms with Crippen molar-refractivity contribution in [1.29, 1.82) is 0 Å². The maximum Gasteiger partial charge on any atom is 0.256 e. The Labute approximate surface area is 230 Å². The summed E-state index contributed by atoms with van der Waals surface area (Å²) in [5.74, 6) is 0.354. The molecule has 2 amide bonds. The number of nitrogens with one attached hydrogen (secondary N) is 1. The molecule has 1 aliphatic heterocycles. The molecule has 0 saturated carbocycles. The molecule has 39 heavy (non-hydrogen) atoms. The highest BCUT2D eigenvalue weighted by Crippen LogP contribution is 2.27. The fourth-order valence-electron chi connectivity index (χ4n) is 4.56. The fourth-order valence-corrected chi connectivity index (χ4v) is 4.76. The summed E-state index contributed by atoms with van der Waals surface area (Å²) in [4.78, 5) is 49.9. The lowest BCUT2D eigenvalue weighted by Gasteiger charge is -2.29. The van der Waals surface area contributed by atoms with Gasteiger partial charge in [-0.2, -0.15) is 0 Å². The number of fused-ring (bicyclic) bond motifs is 1. The molecule has 0 unspecified atom stereocenters. The first-order valence-corrected chi connectivity index (χ1v) is 12.7. The maximum absolute atomic E-state index is 13.8. The van der Waals surface area contributed by atoms with Crippen molar-refractivity contribution in [2.75, 3.05) is 12.4 Å². The van der Waals surface area contributed by atoms with Crippen LogP contribution in [0.2, 0.25) is 5.02 Å². The van der Waals surface area contributed by atoms with Gasteiger partial charge in [0.1, 0.15) is 11.6 Å². The minimum absolute atomic E-state index is 0.0730. The summed E-state index contributed by atoms with van der Waals surface area (Å²) in [7, 11) is 1.54. The van der Waals surface area contributed by atoms with Crippen LogP contribution in [0.15, 0.2) is 85.3 Å². The van der Waals surface area contributed by atoms with Crippen LogP contribution in [-0.2, 0) is 24.2 Å². The Kier molecular flexibility index (Phi) is 7.65. The summed E-state index contributed by atoms with van der Waals surface area (Å²) in [6, 6.07) is 18.3. The monoisotopic (exact) mass is 540 g/mol. The number of anilines is 1. The summed E-state index contributed by atoms with van der Waals surface area (Å²) in [6.45, 7) is 0.194. The van der Waals surface area contributed by atoms with E-state index >= 15 is 0 Å². The minimum atomic E-state index is -0.683. The quantitative estimate of drug-likeness (QED) is 0.362. The minimum Gasteiger partial charge on any atom is -0.495 e. The lowest BCUT2D eigenvalue weighted by Crippen LogP contribution is -2.44. The van der Waals surface area contributed by atoms with Gasteiger partial charge >= 0.3 is 0 Å². The van der Waals surface area contributed by atoms with Gasteiger partial charge in [0.25, 0.3) is 11.8 Å². The van der Waals surface area contributed by atoms with Gasteiger partial charge in [-0.1, -0.05) is 29.8 Å². The number of carbonyl (C=O) groups excluding carboxylic acids is 3. The number of amides is 2. The molecule has 8 nitrogen and oxygen atoms in total. The first-order chi connectivity index (χ1) is 18.9. The van der Waals surface area contributed by atoms with Crippen LogP contribution in [0.25, 0.3) is 0 Å². The predicted molar refractivity (Wildman–Crippen MR) is 147 cm³/mol. The molecule has 0 aliphatic carbocycles. The van der Waals surface area contributed by atoms with Crippen LogP contribution in [0, 0.1) is 0 Å². The number of pyridine rings is 2. The lowest BCUT2D eigenvalue weighted by atomic mass is 9.98. The van der Waals surface area contributed by atoms with E-state index in [1.54, 1.807) is 79.0 Å². The van der Waals surface area contributed by atoms with Crippen LogP contribution in [-0.4, -0.2) is 45.6 Å². The average molecular weight is 541 g/mol. The van der Waals surface area contributed by atoms with E-state index in [0.29, 0.717) is 39.7 Å². The molecule has 1 atom stereocenters. The smallest absolute Gasteiger partial charge is 0.256 e. The second-order valence-electron chi connectivity index (χ2n) is 9.19. The molecule has 0 bridgehead atoms. The van der Waals surface area contributed by atoms with Gasteiger partial charge in [0.15, 0.2) is 5.78 Å². The molecule has 0 spiro atoms.